The van der Waals surface area contributed by atoms with Crippen LogP contribution < -0.4 is 4.74 Å². The van der Waals surface area contributed by atoms with E-state index in [1.165, 1.54) is 0 Å². The van der Waals surface area contributed by atoms with E-state index < -0.39 is 0 Å². The molecule has 3 heteroatoms. The Bertz CT molecular complexity index is 698. The molecule has 0 aliphatic heterocycles. The van der Waals surface area contributed by atoms with Crippen molar-refractivity contribution in [1.29, 1.82) is 0 Å². The van der Waals surface area contributed by atoms with Gasteiger partial charge in [-0.15, -0.1) is 0 Å². The third kappa shape index (κ3) is 2.51. The molecule has 0 radical (unpaired) electrons. The first-order valence-electron chi connectivity index (χ1n) is 6.18. The lowest BCUT2D eigenvalue weighted by Gasteiger charge is -2.02. The van der Waals surface area contributed by atoms with Gasteiger partial charge in [0.25, 0.3) is 0 Å². The lowest BCUT2D eigenvalue weighted by atomic mass is 10.1. The average Bonchev–Trinajstić information content (AvgIpc) is 2.83. The predicted octanol–water partition coefficient (Wildman–Crippen LogP) is 5.26. The third-order valence-corrected chi connectivity index (χ3v) is 3.42. The molecule has 0 aliphatic rings. The van der Waals surface area contributed by atoms with Crippen molar-refractivity contribution in [3.63, 3.8) is 0 Å². The van der Waals surface area contributed by atoms with Crippen LogP contribution in [-0.4, -0.2) is 6.61 Å². The first-order chi connectivity index (χ1) is 9.26. The van der Waals surface area contributed by atoms with Gasteiger partial charge in [0.05, 0.1) is 6.61 Å². The minimum atomic E-state index is 0.679. The van der Waals surface area contributed by atoms with Gasteiger partial charge in [0.1, 0.15) is 17.1 Å². The summed E-state index contributed by atoms with van der Waals surface area (Å²) < 4.78 is 12.3. The van der Waals surface area contributed by atoms with Crippen molar-refractivity contribution in [2.75, 3.05) is 6.61 Å². The molecule has 0 saturated carbocycles. The van der Waals surface area contributed by atoms with E-state index in [0.29, 0.717) is 6.61 Å². The van der Waals surface area contributed by atoms with Gasteiger partial charge in [-0.25, -0.2) is 0 Å². The van der Waals surface area contributed by atoms with Crippen molar-refractivity contribution < 1.29 is 9.15 Å². The molecule has 0 spiro atoms. The molecule has 0 N–H and O–H groups in total. The maximum atomic E-state index is 5.85. The second-order valence-corrected chi connectivity index (χ2v) is 5.17. The maximum absolute atomic E-state index is 5.85. The third-order valence-electron chi connectivity index (χ3n) is 2.93. The molecule has 1 aromatic heterocycles. The predicted molar refractivity (Wildman–Crippen MR) is 80.5 cm³/mol. The lowest BCUT2D eigenvalue weighted by Crippen LogP contribution is -1.90. The van der Waals surface area contributed by atoms with Gasteiger partial charge in [-0.3, -0.25) is 0 Å². The highest BCUT2D eigenvalue weighted by Crippen LogP contribution is 2.30. The molecule has 1 heterocycles. The maximum Gasteiger partial charge on any atom is 0.135 e. The monoisotopic (exact) mass is 316 g/mol. The molecule has 3 rings (SSSR count). The fraction of sp³-hybridized carbons (Fsp3) is 0.125. The van der Waals surface area contributed by atoms with Crippen LogP contribution in [-0.2, 0) is 0 Å². The molecule has 0 unspecified atom stereocenters. The molecular formula is C16H13BrO2. The van der Waals surface area contributed by atoms with E-state index in [-0.39, 0.29) is 0 Å². The molecule has 0 saturated heterocycles. The van der Waals surface area contributed by atoms with Gasteiger partial charge in [0, 0.05) is 15.4 Å². The van der Waals surface area contributed by atoms with Crippen molar-refractivity contribution >= 4 is 26.9 Å². The normalized spacial score (nSPS) is 10.8. The standard InChI is InChI=1S/C16H13BrO2/c1-2-18-14-6-3-11(4-7-14)16-10-12-9-13(17)5-8-15(12)19-16/h3-10H,2H2,1H3. The van der Waals surface area contributed by atoms with Gasteiger partial charge >= 0.3 is 0 Å². The van der Waals surface area contributed by atoms with E-state index in [1.54, 1.807) is 0 Å². The Kier molecular flexibility index (Phi) is 3.30. The van der Waals surface area contributed by atoms with Crippen molar-refractivity contribution in [2.24, 2.45) is 0 Å². The van der Waals surface area contributed by atoms with Gasteiger partial charge in [0.2, 0.25) is 0 Å². The molecule has 96 valence electrons. The minimum Gasteiger partial charge on any atom is -0.494 e. The van der Waals surface area contributed by atoms with E-state index in [4.69, 9.17) is 9.15 Å². The lowest BCUT2D eigenvalue weighted by molar-refractivity contribution is 0.340. The summed E-state index contributed by atoms with van der Waals surface area (Å²) in [5, 5.41) is 1.10. The number of halogens is 1. The average molecular weight is 317 g/mol. The van der Waals surface area contributed by atoms with E-state index in [9.17, 15) is 0 Å². The molecule has 19 heavy (non-hydrogen) atoms. The summed E-state index contributed by atoms with van der Waals surface area (Å²) in [4.78, 5) is 0. The molecule has 2 nitrogen and oxygen atoms in total. The van der Waals surface area contributed by atoms with E-state index >= 15 is 0 Å². The summed E-state index contributed by atoms with van der Waals surface area (Å²) in [6, 6.07) is 16.0. The van der Waals surface area contributed by atoms with Crippen LogP contribution in [0.5, 0.6) is 5.75 Å². The second kappa shape index (κ2) is 5.10. The number of ether oxygens (including phenoxy) is 1. The molecule has 2 aromatic carbocycles. The second-order valence-electron chi connectivity index (χ2n) is 4.25. The van der Waals surface area contributed by atoms with Crippen LogP contribution in [0.2, 0.25) is 0 Å². The fourth-order valence-electron chi connectivity index (χ4n) is 2.04. The van der Waals surface area contributed by atoms with Crippen molar-refractivity contribution in [1.82, 2.24) is 0 Å². The number of furan rings is 1. The molecule has 0 aliphatic carbocycles. The Labute approximate surface area is 120 Å². The van der Waals surface area contributed by atoms with E-state index in [2.05, 4.69) is 28.1 Å². The SMILES string of the molecule is CCOc1ccc(-c2cc3cc(Br)ccc3o2)cc1. The largest absolute Gasteiger partial charge is 0.494 e. The molecule has 3 aromatic rings. The smallest absolute Gasteiger partial charge is 0.135 e. The van der Waals surface area contributed by atoms with Crippen molar-refractivity contribution in [3.8, 4) is 17.1 Å². The van der Waals surface area contributed by atoms with Gasteiger partial charge in [-0.2, -0.15) is 0 Å². The van der Waals surface area contributed by atoms with Crippen LogP contribution in [0.15, 0.2) is 57.4 Å². The van der Waals surface area contributed by atoms with E-state index in [1.807, 2.05) is 43.3 Å². The Hall–Kier alpha value is -1.74. The van der Waals surface area contributed by atoms with Gasteiger partial charge < -0.3 is 9.15 Å². The summed E-state index contributed by atoms with van der Waals surface area (Å²) in [7, 11) is 0. The fourth-order valence-corrected chi connectivity index (χ4v) is 2.42. The summed E-state index contributed by atoms with van der Waals surface area (Å²) >= 11 is 3.47. The molecular weight excluding hydrogens is 304 g/mol. The van der Waals surface area contributed by atoms with E-state index in [0.717, 1.165) is 32.5 Å². The summed E-state index contributed by atoms with van der Waals surface area (Å²) in [6.07, 6.45) is 0. The van der Waals surface area contributed by atoms with Crippen LogP contribution in [0, 0.1) is 0 Å². The highest BCUT2D eigenvalue weighted by atomic mass is 79.9. The van der Waals surface area contributed by atoms with Gasteiger partial charge in [-0.05, 0) is 55.5 Å². The molecule has 0 bridgehead atoms. The summed E-state index contributed by atoms with van der Waals surface area (Å²) in [5.41, 5.74) is 1.95. The molecule has 0 atom stereocenters. The summed E-state index contributed by atoms with van der Waals surface area (Å²) in [5.74, 6) is 1.75. The quantitative estimate of drug-likeness (QED) is 0.657. The Morgan fingerprint density at radius 3 is 2.58 bits per heavy atom. The first-order valence-corrected chi connectivity index (χ1v) is 6.98. The van der Waals surface area contributed by atoms with Gasteiger partial charge in [0.15, 0.2) is 0 Å². The van der Waals surface area contributed by atoms with Crippen LogP contribution >= 0.6 is 15.9 Å². The minimum absolute atomic E-state index is 0.679. The number of benzene rings is 2. The number of fused-ring (bicyclic) bond motifs is 1. The Balaban J connectivity index is 1.99. The van der Waals surface area contributed by atoms with Crippen molar-refractivity contribution in [2.45, 2.75) is 6.92 Å². The van der Waals surface area contributed by atoms with Crippen molar-refractivity contribution in [3.05, 3.63) is 53.0 Å². The van der Waals surface area contributed by atoms with Crippen LogP contribution in [0.3, 0.4) is 0 Å². The molecule has 0 amide bonds. The number of hydrogen-bond donors (Lipinski definition) is 0. The van der Waals surface area contributed by atoms with Crippen LogP contribution in [0.25, 0.3) is 22.3 Å². The first kappa shape index (κ1) is 12.3. The van der Waals surface area contributed by atoms with Crippen LogP contribution in [0.1, 0.15) is 6.92 Å². The number of hydrogen-bond acceptors (Lipinski definition) is 2. The summed E-state index contributed by atoms with van der Waals surface area (Å²) in [6.45, 7) is 2.66. The topological polar surface area (TPSA) is 22.4 Å². The zero-order valence-electron chi connectivity index (χ0n) is 10.5. The zero-order chi connectivity index (χ0) is 13.2. The Morgan fingerprint density at radius 1 is 1.05 bits per heavy atom. The van der Waals surface area contributed by atoms with Crippen LogP contribution in [0.4, 0.5) is 0 Å². The number of rotatable bonds is 3. The zero-order valence-corrected chi connectivity index (χ0v) is 12.1. The van der Waals surface area contributed by atoms with Gasteiger partial charge in [-0.1, -0.05) is 15.9 Å². The highest BCUT2D eigenvalue weighted by molar-refractivity contribution is 9.10. The molecule has 0 fully saturated rings. The highest BCUT2D eigenvalue weighted by Gasteiger charge is 2.06. The Morgan fingerprint density at radius 2 is 1.84 bits per heavy atom.